The molecule has 0 bridgehead atoms. The molecule has 2 heterocycles. The van der Waals surface area contributed by atoms with Crippen LogP contribution < -0.4 is 5.56 Å². The Morgan fingerprint density at radius 1 is 1.35 bits per heavy atom. The van der Waals surface area contributed by atoms with E-state index in [9.17, 15) is 9.59 Å². The Balaban J connectivity index is 2.43. The minimum absolute atomic E-state index is 0.0519. The van der Waals surface area contributed by atoms with Gasteiger partial charge in [0.25, 0.3) is 5.56 Å². The molecule has 0 radical (unpaired) electrons. The van der Waals surface area contributed by atoms with E-state index in [4.69, 9.17) is 16.3 Å². The van der Waals surface area contributed by atoms with E-state index in [1.54, 1.807) is 18.2 Å². The summed E-state index contributed by atoms with van der Waals surface area (Å²) in [5.41, 5.74) is 0.189. The molecule has 0 spiro atoms. The van der Waals surface area contributed by atoms with Crippen molar-refractivity contribution >= 4 is 28.5 Å². The highest BCUT2D eigenvalue weighted by molar-refractivity contribution is 6.31. The third kappa shape index (κ3) is 1.51. The predicted octanol–water partition coefficient (Wildman–Crippen LogP) is 1.22. The van der Waals surface area contributed by atoms with Crippen LogP contribution >= 0.6 is 11.6 Å². The van der Waals surface area contributed by atoms with Crippen molar-refractivity contribution in [1.29, 1.82) is 0 Å². The largest absolute Gasteiger partial charge is 0.458 e. The number of fused-ring (bicyclic) bond motifs is 2. The Hall–Kier alpha value is -1.88. The van der Waals surface area contributed by atoms with Gasteiger partial charge in [-0.3, -0.25) is 9.36 Å². The van der Waals surface area contributed by atoms with Crippen molar-refractivity contribution < 1.29 is 9.53 Å². The fourth-order valence-electron chi connectivity index (χ4n) is 1.85. The third-order valence-corrected chi connectivity index (χ3v) is 2.88. The summed E-state index contributed by atoms with van der Waals surface area (Å²) >= 11 is 5.83. The van der Waals surface area contributed by atoms with Crippen LogP contribution in [0, 0.1) is 0 Å². The van der Waals surface area contributed by atoms with Gasteiger partial charge in [-0.1, -0.05) is 11.6 Å². The van der Waals surface area contributed by atoms with Gasteiger partial charge in [0.05, 0.1) is 17.4 Å². The molecule has 2 aromatic rings. The summed E-state index contributed by atoms with van der Waals surface area (Å²) in [5, 5.41) is 0.881. The van der Waals surface area contributed by atoms with E-state index in [-0.39, 0.29) is 18.0 Å². The lowest BCUT2D eigenvalue weighted by Gasteiger charge is -2.17. The van der Waals surface area contributed by atoms with E-state index in [0.717, 1.165) is 0 Å². The van der Waals surface area contributed by atoms with Gasteiger partial charge in [-0.05, 0) is 18.2 Å². The first-order valence-corrected chi connectivity index (χ1v) is 5.42. The van der Waals surface area contributed by atoms with Crippen LogP contribution in [0.3, 0.4) is 0 Å². The lowest BCUT2D eigenvalue weighted by molar-refractivity contribution is 0.0406. The molecule has 6 heteroatoms. The van der Waals surface area contributed by atoms with E-state index in [1.807, 2.05) is 0 Å². The van der Waals surface area contributed by atoms with Crippen molar-refractivity contribution in [2.75, 3.05) is 6.61 Å². The molecule has 86 valence electrons. The molecular formula is C11H7ClN2O3. The summed E-state index contributed by atoms with van der Waals surface area (Å²) < 4.78 is 6.17. The number of cyclic esters (lactones) is 1. The van der Waals surface area contributed by atoms with Crippen molar-refractivity contribution in [3.8, 4) is 0 Å². The monoisotopic (exact) mass is 250 g/mol. The van der Waals surface area contributed by atoms with Crippen molar-refractivity contribution in [3.63, 3.8) is 0 Å². The fourth-order valence-corrected chi connectivity index (χ4v) is 2.02. The van der Waals surface area contributed by atoms with Gasteiger partial charge >= 0.3 is 5.97 Å². The Morgan fingerprint density at radius 2 is 2.18 bits per heavy atom. The molecule has 0 aliphatic carbocycles. The molecule has 0 unspecified atom stereocenters. The number of rotatable bonds is 0. The van der Waals surface area contributed by atoms with Gasteiger partial charge in [-0.15, -0.1) is 0 Å². The highest BCUT2D eigenvalue weighted by Gasteiger charge is 2.22. The molecule has 17 heavy (non-hydrogen) atoms. The van der Waals surface area contributed by atoms with Gasteiger partial charge in [0.15, 0.2) is 0 Å². The first-order valence-electron chi connectivity index (χ1n) is 5.04. The molecule has 1 aromatic heterocycles. The summed E-state index contributed by atoms with van der Waals surface area (Å²) in [6.45, 7) is 0.523. The summed E-state index contributed by atoms with van der Waals surface area (Å²) in [6.07, 6.45) is 0. The number of carbonyl (C=O) groups excluding carboxylic acids is 1. The van der Waals surface area contributed by atoms with Gasteiger partial charge < -0.3 is 4.74 Å². The van der Waals surface area contributed by atoms with Gasteiger partial charge in [0.2, 0.25) is 5.82 Å². The molecule has 1 aliphatic heterocycles. The van der Waals surface area contributed by atoms with E-state index in [1.165, 1.54) is 4.57 Å². The smallest absolute Gasteiger partial charge is 0.374 e. The average molecular weight is 251 g/mol. The van der Waals surface area contributed by atoms with Crippen molar-refractivity contribution in [2.24, 2.45) is 0 Å². The van der Waals surface area contributed by atoms with Crippen molar-refractivity contribution in [3.05, 3.63) is 39.4 Å². The first kappa shape index (κ1) is 10.3. The number of hydrogen-bond donors (Lipinski definition) is 0. The lowest BCUT2D eigenvalue weighted by atomic mass is 10.2. The minimum atomic E-state index is -0.565. The highest BCUT2D eigenvalue weighted by Crippen LogP contribution is 2.16. The van der Waals surface area contributed by atoms with E-state index in [2.05, 4.69) is 4.98 Å². The Bertz CT molecular complexity index is 693. The average Bonchev–Trinajstić information content (AvgIpc) is 2.32. The van der Waals surface area contributed by atoms with E-state index < -0.39 is 5.97 Å². The van der Waals surface area contributed by atoms with Gasteiger partial charge in [0.1, 0.15) is 6.61 Å². The van der Waals surface area contributed by atoms with Crippen LogP contribution in [0.2, 0.25) is 5.02 Å². The number of carbonyl (C=O) groups is 1. The molecule has 0 saturated carbocycles. The molecule has 0 N–H and O–H groups in total. The van der Waals surface area contributed by atoms with Gasteiger partial charge in [0, 0.05) is 5.02 Å². The summed E-state index contributed by atoms with van der Waals surface area (Å²) in [7, 11) is 0. The topological polar surface area (TPSA) is 61.2 Å². The number of nitrogens with zero attached hydrogens (tertiary/aromatic N) is 2. The molecule has 5 nitrogen and oxygen atoms in total. The zero-order chi connectivity index (χ0) is 12.0. The number of ether oxygens (including phenoxy) is 1. The Labute approximate surface area is 101 Å². The second kappa shape index (κ2) is 3.56. The van der Waals surface area contributed by atoms with Gasteiger partial charge in [-0.25, -0.2) is 9.78 Å². The van der Waals surface area contributed by atoms with Crippen LogP contribution in [0.5, 0.6) is 0 Å². The number of esters is 1. The van der Waals surface area contributed by atoms with Crippen LogP contribution in [-0.4, -0.2) is 22.1 Å². The first-order chi connectivity index (χ1) is 8.16. The summed E-state index contributed by atoms with van der Waals surface area (Å²) in [5.74, 6) is -0.513. The number of halogens is 1. The molecule has 1 aromatic carbocycles. The highest BCUT2D eigenvalue weighted by atomic mass is 35.5. The second-order valence-electron chi connectivity index (χ2n) is 3.69. The summed E-state index contributed by atoms with van der Waals surface area (Å²) in [6, 6.07) is 4.79. The molecule has 0 atom stereocenters. The fraction of sp³-hybridized carbons (Fsp3) is 0.182. The van der Waals surface area contributed by atoms with Crippen LogP contribution in [-0.2, 0) is 11.3 Å². The molecule has 0 saturated heterocycles. The van der Waals surface area contributed by atoms with Crippen LogP contribution in [0.1, 0.15) is 10.6 Å². The molecule has 3 rings (SSSR count). The maximum atomic E-state index is 12.1. The predicted molar refractivity (Wildman–Crippen MR) is 61.3 cm³/mol. The van der Waals surface area contributed by atoms with E-state index >= 15 is 0 Å². The second-order valence-corrected chi connectivity index (χ2v) is 4.13. The SMILES string of the molecule is O=C1OCCn2c1nc1ccc(Cl)cc1c2=O. The lowest BCUT2D eigenvalue weighted by Crippen LogP contribution is -2.34. The maximum Gasteiger partial charge on any atom is 0.374 e. The number of aromatic nitrogens is 2. The van der Waals surface area contributed by atoms with E-state index in [0.29, 0.717) is 22.5 Å². The van der Waals surface area contributed by atoms with Crippen molar-refractivity contribution in [2.45, 2.75) is 6.54 Å². The van der Waals surface area contributed by atoms with Crippen LogP contribution in [0.4, 0.5) is 0 Å². The zero-order valence-corrected chi connectivity index (χ0v) is 9.40. The molecular weight excluding hydrogens is 244 g/mol. The van der Waals surface area contributed by atoms with Crippen LogP contribution in [0.15, 0.2) is 23.0 Å². The minimum Gasteiger partial charge on any atom is -0.458 e. The zero-order valence-electron chi connectivity index (χ0n) is 8.64. The summed E-state index contributed by atoms with van der Waals surface area (Å²) in [4.78, 5) is 27.7. The quantitative estimate of drug-likeness (QED) is 0.660. The third-order valence-electron chi connectivity index (χ3n) is 2.65. The normalized spacial score (nSPS) is 14.5. The molecule has 0 fully saturated rings. The Morgan fingerprint density at radius 3 is 3.00 bits per heavy atom. The standard InChI is InChI=1S/C11H7ClN2O3/c12-6-1-2-8-7(5-6)10(15)14-3-4-17-11(16)9(14)13-8/h1-2,5H,3-4H2. The number of hydrogen-bond acceptors (Lipinski definition) is 4. The van der Waals surface area contributed by atoms with Crippen LogP contribution in [0.25, 0.3) is 10.9 Å². The maximum absolute atomic E-state index is 12.1. The number of benzene rings is 1. The molecule has 0 amide bonds. The molecule has 1 aliphatic rings. The Kier molecular flexibility index (Phi) is 2.16. The van der Waals surface area contributed by atoms with Gasteiger partial charge in [-0.2, -0.15) is 0 Å². The van der Waals surface area contributed by atoms with Crippen molar-refractivity contribution in [1.82, 2.24) is 9.55 Å².